The number of hydrogen-bond donors (Lipinski definition) is 1. The number of hydrogen-bond acceptors (Lipinski definition) is 3. The topological polar surface area (TPSA) is 41.6 Å². The molecular weight excluding hydrogens is 276 g/mol. The quantitative estimate of drug-likeness (QED) is 0.904. The number of nitrogens with zero attached hydrogens (tertiary/aromatic N) is 1. The van der Waals surface area contributed by atoms with Gasteiger partial charge >= 0.3 is 0 Å². The van der Waals surface area contributed by atoms with Crippen molar-refractivity contribution < 1.29 is 9.53 Å². The summed E-state index contributed by atoms with van der Waals surface area (Å²) in [5.74, 6) is 0.295. The first-order valence-electron chi connectivity index (χ1n) is 6.99. The third-order valence-corrected chi connectivity index (χ3v) is 3.73. The van der Waals surface area contributed by atoms with Crippen LogP contribution in [0.3, 0.4) is 0 Å². The summed E-state index contributed by atoms with van der Waals surface area (Å²) >= 11 is 6.01. The number of carbonyl (C=O) groups excluding carboxylic acids is 1. The van der Waals surface area contributed by atoms with Crippen molar-refractivity contribution in [1.29, 1.82) is 0 Å². The number of carbonyl (C=O) groups is 1. The number of morpholine rings is 1. The van der Waals surface area contributed by atoms with Crippen molar-refractivity contribution in [2.75, 3.05) is 39.4 Å². The molecule has 1 heterocycles. The predicted molar refractivity (Wildman–Crippen MR) is 80.2 cm³/mol. The standard InChI is InChI=1S/C15H21ClN2O2/c1-12(11-18-6-8-20-9-7-18)10-17-15(19)13-4-2-3-5-14(13)16/h2-5,12H,6-11H2,1H3,(H,17,19). The minimum absolute atomic E-state index is 0.107. The van der Waals surface area contributed by atoms with Crippen LogP contribution in [-0.2, 0) is 4.74 Å². The second kappa shape index (κ2) is 7.62. The number of ether oxygens (including phenoxy) is 1. The van der Waals surface area contributed by atoms with Crippen LogP contribution in [0.4, 0.5) is 0 Å². The van der Waals surface area contributed by atoms with Crippen LogP contribution in [0.25, 0.3) is 0 Å². The van der Waals surface area contributed by atoms with Crippen molar-refractivity contribution in [3.8, 4) is 0 Å². The lowest BCUT2D eigenvalue weighted by atomic mass is 10.1. The first-order valence-corrected chi connectivity index (χ1v) is 7.37. The van der Waals surface area contributed by atoms with Gasteiger partial charge in [-0.2, -0.15) is 0 Å². The smallest absolute Gasteiger partial charge is 0.252 e. The summed E-state index contributed by atoms with van der Waals surface area (Å²) in [4.78, 5) is 14.4. The third-order valence-electron chi connectivity index (χ3n) is 3.40. The Bertz CT molecular complexity index is 447. The lowest BCUT2D eigenvalue weighted by Crippen LogP contribution is -2.41. The molecule has 0 radical (unpaired) electrons. The first-order chi connectivity index (χ1) is 9.66. The molecule has 1 aliphatic heterocycles. The largest absolute Gasteiger partial charge is 0.379 e. The minimum atomic E-state index is -0.107. The summed E-state index contributed by atoms with van der Waals surface area (Å²) < 4.78 is 5.32. The zero-order chi connectivity index (χ0) is 14.4. The molecule has 1 unspecified atom stereocenters. The Balaban J connectivity index is 1.76. The monoisotopic (exact) mass is 296 g/mol. The van der Waals surface area contributed by atoms with Crippen LogP contribution in [0, 0.1) is 5.92 Å². The van der Waals surface area contributed by atoms with Gasteiger partial charge in [0.05, 0.1) is 23.8 Å². The molecule has 0 aliphatic carbocycles. The maximum Gasteiger partial charge on any atom is 0.252 e. The van der Waals surface area contributed by atoms with E-state index >= 15 is 0 Å². The molecule has 0 aromatic heterocycles. The maximum atomic E-state index is 12.0. The van der Waals surface area contributed by atoms with E-state index in [4.69, 9.17) is 16.3 Å². The zero-order valence-corrected chi connectivity index (χ0v) is 12.5. The normalized spacial score (nSPS) is 17.7. The summed E-state index contributed by atoms with van der Waals surface area (Å²) in [6, 6.07) is 7.11. The SMILES string of the molecule is CC(CNC(=O)c1ccccc1Cl)CN1CCOCC1. The predicted octanol–water partition coefficient (Wildman–Crippen LogP) is 2.04. The molecule has 0 spiro atoms. The highest BCUT2D eigenvalue weighted by Crippen LogP contribution is 2.14. The molecule has 110 valence electrons. The van der Waals surface area contributed by atoms with Gasteiger partial charge in [-0.1, -0.05) is 30.7 Å². The van der Waals surface area contributed by atoms with E-state index in [1.54, 1.807) is 12.1 Å². The molecule has 1 saturated heterocycles. The van der Waals surface area contributed by atoms with Crippen LogP contribution in [0.2, 0.25) is 5.02 Å². The number of benzene rings is 1. The van der Waals surface area contributed by atoms with E-state index in [1.165, 1.54) is 0 Å². The lowest BCUT2D eigenvalue weighted by Gasteiger charge is -2.29. The van der Waals surface area contributed by atoms with E-state index in [0.717, 1.165) is 32.8 Å². The Kier molecular flexibility index (Phi) is 5.83. The Morgan fingerprint density at radius 3 is 2.80 bits per heavy atom. The van der Waals surface area contributed by atoms with Gasteiger partial charge in [0, 0.05) is 26.2 Å². The highest BCUT2D eigenvalue weighted by Gasteiger charge is 2.15. The van der Waals surface area contributed by atoms with Crippen molar-refractivity contribution in [2.24, 2.45) is 5.92 Å². The van der Waals surface area contributed by atoms with Crippen molar-refractivity contribution in [1.82, 2.24) is 10.2 Å². The Morgan fingerprint density at radius 1 is 1.40 bits per heavy atom. The number of nitrogens with one attached hydrogen (secondary N) is 1. The molecule has 0 bridgehead atoms. The van der Waals surface area contributed by atoms with E-state index in [0.29, 0.717) is 23.0 Å². The molecule has 4 nitrogen and oxygen atoms in total. The summed E-state index contributed by atoms with van der Waals surface area (Å²) in [5, 5.41) is 3.44. The van der Waals surface area contributed by atoms with Crippen molar-refractivity contribution in [3.63, 3.8) is 0 Å². The van der Waals surface area contributed by atoms with E-state index in [1.807, 2.05) is 12.1 Å². The third kappa shape index (κ3) is 4.47. The van der Waals surface area contributed by atoms with Gasteiger partial charge in [-0.25, -0.2) is 0 Å². The molecule has 1 N–H and O–H groups in total. The number of halogens is 1. The molecule has 2 rings (SSSR count). The van der Waals surface area contributed by atoms with Gasteiger partial charge in [-0.15, -0.1) is 0 Å². The first kappa shape index (κ1) is 15.3. The average molecular weight is 297 g/mol. The fourth-order valence-electron chi connectivity index (χ4n) is 2.30. The second-order valence-corrected chi connectivity index (χ2v) is 5.62. The summed E-state index contributed by atoms with van der Waals surface area (Å²) in [5.41, 5.74) is 0.535. The molecule has 1 amide bonds. The van der Waals surface area contributed by atoms with Gasteiger partial charge in [-0.3, -0.25) is 9.69 Å². The van der Waals surface area contributed by atoms with Gasteiger partial charge in [0.2, 0.25) is 0 Å². The van der Waals surface area contributed by atoms with Crippen LogP contribution in [-0.4, -0.2) is 50.2 Å². The van der Waals surface area contributed by atoms with Gasteiger partial charge in [0.1, 0.15) is 0 Å². The van der Waals surface area contributed by atoms with Crippen LogP contribution < -0.4 is 5.32 Å². The summed E-state index contributed by atoms with van der Waals surface area (Å²) in [6.45, 7) is 7.33. The molecule has 5 heteroatoms. The van der Waals surface area contributed by atoms with Crippen LogP contribution in [0.15, 0.2) is 24.3 Å². The fraction of sp³-hybridized carbons (Fsp3) is 0.533. The average Bonchev–Trinajstić information content (AvgIpc) is 2.46. The molecule has 1 aromatic carbocycles. The molecule has 1 atom stereocenters. The lowest BCUT2D eigenvalue weighted by molar-refractivity contribution is 0.0317. The van der Waals surface area contributed by atoms with Crippen LogP contribution in [0.1, 0.15) is 17.3 Å². The van der Waals surface area contributed by atoms with Crippen molar-refractivity contribution >= 4 is 17.5 Å². The minimum Gasteiger partial charge on any atom is -0.379 e. The molecular formula is C15H21ClN2O2. The summed E-state index contributed by atoms with van der Waals surface area (Å²) in [7, 11) is 0. The number of amides is 1. The van der Waals surface area contributed by atoms with Crippen molar-refractivity contribution in [2.45, 2.75) is 6.92 Å². The molecule has 1 aliphatic rings. The van der Waals surface area contributed by atoms with E-state index < -0.39 is 0 Å². The summed E-state index contributed by atoms with van der Waals surface area (Å²) in [6.07, 6.45) is 0. The van der Waals surface area contributed by atoms with Gasteiger partial charge in [0.25, 0.3) is 5.91 Å². The second-order valence-electron chi connectivity index (χ2n) is 5.21. The Hall–Kier alpha value is -1.10. The van der Waals surface area contributed by atoms with E-state index in [9.17, 15) is 4.79 Å². The van der Waals surface area contributed by atoms with E-state index in [2.05, 4.69) is 17.1 Å². The van der Waals surface area contributed by atoms with Gasteiger partial charge in [-0.05, 0) is 18.1 Å². The van der Waals surface area contributed by atoms with Crippen molar-refractivity contribution in [3.05, 3.63) is 34.9 Å². The zero-order valence-electron chi connectivity index (χ0n) is 11.8. The number of rotatable bonds is 5. The van der Waals surface area contributed by atoms with E-state index in [-0.39, 0.29) is 5.91 Å². The van der Waals surface area contributed by atoms with Crippen LogP contribution in [0.5, 0.6) is 0 Å². The maximum absolute atomic E-state index is 12.0. The Labute approximate surface area is 125 Å². The fourth-order valence-corrected chi connectivity index (χ4v) is 2.52. The Morgan fingerprint density at radius 2 is 2.10 bits per heavy atom. The molecule has 1 aromatic rings. The van der Waals surface area contributed by atoms with Crippen LogP contribution >= 0.6 is 11.6 Å². The highest BCUT2D eigenvalue weighted by atomic mass is 35.5. The molecule has 1 fully saturated rings. The highest BCUT2D eigenvalue weighted by molar-refractivity contribution is 6.33. The molecule has 20 heavy (non-hydrogen) atoms. The molecule has 0 saturated carbocycles. The van der Waals surface area contributed by atoms with Gasteiger partial charge in [0.15, 0.2) is 0 Å². The van der Waals surface area contributed by atoms with Gasteiger partial charge < -0.3 is 10.1 Å².